The third kappa shape index (κ3) is 17.5. The third-order valence-corrected chi connectivity index (χ3v) is 4.87. The van der Waals surface area contributed by atoms with Crippen LogP contribution in [-0.4, -0.2) is 44.6 Å². The average molecular weight is 461 g/mol. The van der Waals surface area contributed by atoms with Gasteiger partial charge in [0.15, 0.2) is 0 Å². The number of rotatable bonds is 12. The van der Waals surface area contributed by atoms with Crippen molar-refractivity contribution in [3.05, 3.63) is 71.8 Å². The normalized spacial score (nSPS) is 11.8. The van der Waals surface area contributed by atoms with E-state index in [1.807, 2.05) is 0 Å². The second kappa shape index (κ2) is 19.9. The lowest BCUT2D eigenvalue weighted by atomic mass is 10.0. The van der Waals surface area contributed by atoms with Crippen LogP contribution in [0, 0.1) is 0 Å². The summed E-state index contributed by atoms with van der Waals surface area (Å²) in [7, 11) is 0. The summed E-state index contributed by atoms with van der Waals surface area (Å²) in [4.78, 5) is 20.4. The molecule has 33 heavy (non-hydrogen) atoms. The Hall–Kier alpha value is -2.70. The van der Waals surface area contributed by atoms with Gasteiger partial charge in [-0.15, -0.1) is 0 Å². The van der Waals surface area contributed by atoms with Gasteiger partial charge in [0.25, 0.3) is 0 Å². The number of benzene rings is 2. The molecule has 2 atom stereocenters. The van der Waals surface area contributed by atoms with Gasteiger partial charge in [-0.1, -0.05) is 88.8 Å². The van der Waals surface area contributed by atoms with Crippen molar-refractivity contribution in [2.45, 2.75) is 83.8 Å². The van der Waals surface area contributed by atoms with Crippen molar-refractivity contribution in [2.24, 2.45) is 0 Å². The van der Waals surface area contributed by atoms with Crippen LogP contribution in [0.4, 0.5) is 0 Å². The minimum Gasteiger partial charge on any atom is -0.478 e. The van der Waals surface area contributed by atoms with Gasteiger partial charge in [0.1, 0.15) is 0 Å². The third-order valence-electron chi connectivity index (χ3n) is 4.87. The maximum absolute atomic E-state index is 10.2. The number of aromatic carboxylic acids is 2. The number of carboxylic acids is 2. The highest BCUT2D eigenvalue weighted by Crippen LogP contribution is 2.12. The van der Waals surface area contributed by atoms with Crippen LogP contribution in [0.15, 0.2) is 60.7 Å². The lowest BCUT2D eigenvalue weighted by Gasteiger charge is -2.15. The largest absolute Gasteiger partial charge is 0.478 e. The zero-order valence-electron chi connectivity index (χ0n) is 19.9. The lowest BCUT2D eigenvalue weighted by molar-refractivity contribution is 0.0677. The molecule has 6 heteroatoms. The molecule has 0 saturated heterocycles. The predicted molar refractivity (Wildman–Crippen MR) is 132 cm³/mol. The summed E-state index contributed by atoms with van der Waals surface area (Å²) in [5.41, 5.74) is 0.662. The van der Waals surface area contributed by atoms with Crippen LogP contribution in [0.25, 0.3) is 0 Å². The van der Waals surface area contributed by atoms with Crippen LogP contribution >= 0.6 is 0 Å². The Bertz CT molecular complexity index is 669. The minimum absolute atomic E-state index is 0.298. The van der Waals surface area contributed by atoms with Crippen LogP contribution in [0.5, 0.6) is 0 Å². The Balaban J connectivity index is 0.000000489. The molecule has 0 bridgehead atoms. The summed E-state index contributed by atoms with van der Waals surface area (Å²) in [5, 5.41) is 36.1. The molecule has 0 saturated carbocycles. The van der Waals surface area contributed by atoms with Crippen LogP contribution in [0.2, 0.25) is 0 Å². The molecule has 0 amide bonds. The molecule has 2 rings (SSSR count). The Morgan fingerprint density at radius 1 is 0.636 bits per heavy atom. The molecular formula is C27H40O6. The molecule has 2 aromatic rings. The molecule has 0 aliphatic rings. The molecule has 0 aromatic heterocycles. The van der Waals surface area contributed by atoms with Crippen LogP contribution in [0.3, 0.4) is 0 Å². The summed E-state index contributed by atoms with van der Waals surface area (Å²) in [6.45, 7) is 4.32. The Kier molecular flexibility index (Phi) is 18.3. The molecule has 4 N–H and O–H groups in total. The summed E-state index contributed by atoms with van der Waals surface area (Å²) >= 11 is 0. The van der Waals surface area contributed by atoms with Gasteiger partial charge in [-0.05, 0) is 43.5 Å². The van der Waals surface area contributed by atoms with Crippen LogP contribution in [0.1, 0.15) is 92.4 Å². The summed E-state index contributed by atoms with van der Waals surface area (Å²) in [6.07, 6.45) is 8.56. The van der Waals surface area contributed by atoms with Crippen molar-refractivity contribution in [1.82, 2.24) is 0 Å². The average Bonchev–Trinajstić information content (AvgIpc) is 2.81. The van der Waals surface area contributed by atoms with E-state index in [0.717, 1.165) is 25.7 Å². The van der Waals surface area contributed by atoms with Gasteiger partial charge in [-0.2, -0.15) is 0 Å². The lowest BCUT2D eigenvalue weighted by Crippen LogP contribution is -2.17. The van der Waals surface area contributed by atoms with E-state index in [2.05, 4.69) is 13.8 Å². The first-order valence-electron chi connectivity index (χ1n) is 11.7. The van der Waals surface area contributed by atoms with E-state index in [1.54, 1.807) is 60.7 Å². The number of aliphatic hydroxyl groups excluding tert-OH is 2. The molecular weight excluding hydrogens is 420 g/mol. The van der Waals surface area contributed by atoms with Gasteiger partial charge in [-0.25, -0.2) is 9.59 Å². The van der Waals surface area contributed by atoms with E-state index in [9.17, 15) is 19.8 Å². The summed E-state index contributed by atoms with van der Waals surface area (Å²) in [6, 6.07) is 16.6. The van der Waals surface area contributed by atoms with Gasteiger partial charge in [-0.3, -0.25) is 0 Å². The summed E-state index contributed by atoms with van der Waals surface area (Å²) in [5.74, 6) is -1.76. The quantitative estimate of drug-likeness (QED) is 0.288. The highest BCUT2D eigenvalue weighted by atomic mass is 16.4. The molecule has 2 unspecified atom stereocenters. The zero-order chi connectivity index (χ0) is 24.9. The Morgan fingerprint density at radius 2 is 0.970 bits per heavy atom. The number of carbonyl (C=O) groups is 2. The van der Waals surface area contributed by atoms with Gasteiger partial charge < -0.3 is 20.4 Å². The SMILES string of the molecule is CCCCCC(O)CC(O)CCCCC.O=C(O)c1ccccc1.O=C(O)c1ccccc1. The van der Waals surface area contributed by atoms with Crippen molar-refractivity contribution < 1.29 is 30.0 Å². The first-order valence-corrected chi connectivity index (χ1v) is 11.7. The number of hydrogen-bond donors (Lipinski definition) is 4. The van der Waals surface area contributed by atoms with Crippen LogP contribution in [-0.2, 0) is 0 Å². The zero-order valence-corrected chi connectivity index (χ0v) is 19.9. The highest BCUT2D eigenvalue weighted by molar-refractivity contribution is 5.87. The molecule has 0 aliphatic carbocycles. The number of hydrogen-bond acceptors (Lipinski definition) is 4. The molecule has 184 valence electrons. The van der Waals surface area contributed by atoms with Crippen molar-refractivity contribution in [3.8, 4) is 0 Å². The van der Waals surface area contributed by atoms with E-state index >= 15 is 0 Å². The van der Waals surface area contributed by atoms with Crippen molar-refractivity contribution in [2.75, 3.05) is 0 Å². The van der Waals surface area contributed by atoms with E-state index in [-0.39, 0.29) is 12.2 Å². The number of unbranched alkanes of at least 4 members (excludes halogenated alkanes) is 4. The smallest absolute Gasteiger partial charge is 0.335 e. The van der Waals surface area contributed by atoms with Crippen molar-refractivity contribution in [3.63, 3.8) is 0 Å². The van der Waals surface area contributed by atoms with Gasteiger partial charge >= 0.3 is 11.9 Å². The minimum atomic E-state index is -0.879. The maximum Gasteiger partial charge on any atom is 0.335 e. The monoisotopic (exact) mass is 460 g/mol. The number of carboxylic acid groups (broad SMARTS) is 2. The Morgan fingerprint density at radius 3 is 1.21 bits per heavy atom. The van der Waals surface area contributed by atoms with E-state index in [1.165, 1.54) is 25.7 Å². The highest BCUT2D eigenvalue weighted by Gasteiger charge is 2.11. The fourth-order valence-electron chi connectivity index (χ4n) is 2.97. The topological polar surface area (TPSA) is 115 Å². The molecule has 0 spiro atoms. The maximum atomic E-state index is 10.2. The first-order chi connectivity index (χ1) is 15.8. The molecule has 0 aliphatic heterocycles. The van der Waals surface area contributed by atoms with Crippen molar-refractivity contribution >= 4 is 11.9 Å². The Labute approximate surface area is 197 Å². The number of aliphatic hydroxyl groups is 2. The van der Waals surface area contributed by atoms with E-state index in [0.29, 0.717) is 17.5 Å². The van der Waals surface area contributed by atoms with E-state index < -0.39 is 11.9 Å². The van der Waals surface area contributed by atoms with Crippen LogP contribution < -0.4 is 0 Å². The standard InChI is InChI=1S/C13H28O2.2C7H6O2/c1-3-5-7-9-12(14)11-13(15)10-8-6-4-2;2*8-7(9)6-4-2-1-3-5-6/h12-15H,3-11H2,1-2H3;2*1-5H,(H,8,9). The predicted octanol–water partition coefficient (Wildman–Crippen LogP) is 6.03. The van der Waals surface area contributed by atoms with Crippen molar-refractivity contribution in [1.29, 1.82) is 0 Å². The van der Waals surface area contributed by atoms with E-state index in [4.69, 9.17) is 10.2 Å². The van der Waals surface area contributed by atoms with Gasteiger partial charge in [0, 0.05) is 0 Å². The molecule has 6 nitrogen and oxygen atoms in total. The summed E-state index contributed by atoms with van der Waals surface area (Å²) < 4.78 is 0. The second-order valence-electron chi connectivity index (χ2n) is 7.88. The molecule has 0 radical (unpaired) electrons. The molecule has 0 heterocycles. The fraction of sp³-hybridized carbons (Fsp3) is 0.481. The molecule has 0 fully saturated rings. The second-order valence-corrected chi connectivity index (χ2v) is 7.88. The van der Waals surface area contributed by atoms with Gasteiger partial charge in [0.2, 0.25) is 0 Å². The van der Waals surface area contributed by atoms with Gasteiger partial charge in [0.05, 0.1) is 23.3 Å². The fourth-order valence-corrected chi connectivity index (χ4v) is 2.97. The first kappa shape index (κ1) is 30.3. The molecule has 2 aromatic carbocycles.